The van der Waals surface area contributed by atoms with Gasteiger partial charge in [0, 0.05) is 0 Å². The number of hydrogen-bond donors (Lipinski definition) is 1. The molecule has 0 radical (unpaired) electrons. The van der Waals surface area contributed by atoms with E-state index in [9.17, 15) is 9.59 Å². The van der Waals surface area contributed by atoms with Crippen LogP contribution in [0.4, 0.5) is 0 Å². The molecule has 1 rings (SSSR count). The van der Waals surface area contributed by atoms with Crippen LogP contribution in [0.2, 0.25) is 0 Å². The van der Waals surface area contributed by atoms with Gasteiger partial charge in [0.2, 0.25) is 5.91 Å². The summed E-state index contributed by atoms with van der Waals surface area (Å²) in [6.07, 6.45) is 4.82. The second-order valence-corrected chi connectivity index (χ2v) is 5.79. The van der Waals surface area contributed by atoms with E-state index in [2.05, 4.69) is 21.2 Å². The minimum absolute atomic E-state index is 0.0491. The summed E-state index contributed by atoms with van der Waals surface area (Å²) in [6, 6.07) is -0.518. The lowest BCUT2D eigenvalue weighted by molar-refractivity contribution is -0.153. The lowest BCUT2D eigenvalue weighted by Gasteiger charge is -2.21. The minimum atomic E-state index is -0.518. The Morgan fingerprint density at radius 3 is 2.44 bits per heavy atom. The molecule has 0 aromatic carbocycles. The zero-order valence-corrected chi connectivity index (χ0v) is 12.7. The van der Waals surface area contributed by atoms with Gasteiger partial charge in [0.1, 0.15) is 12.1 Å². The van der Waals surface area contributed by atoms with Gasteiger partial charge in [-0.05, 0) is 38.0 Å². The molecule has 1 saturated carbocycles. The van der Waals surface area contributed by atoms with Gasteiger partial charge in [0.15, 0.2) is 0 Å². The van der Waals surface area contributed by atoms with Crippen molar-refractivity contribution in [2.75, 3.05) is 5.33 Å². The van der Waals surface area contributed by atoms with Crippen molar-refractivity contribution in [3.63, 3.8) is 0 Å². The monoisotopic (exact) mass is 319 g/mol. The van der Waals surface area contributed by atoms with E-state index in [1.807, 2.05) is 13.8 Å². The van der Waals surface area contributed by atoms with E-state index in [4.69, 9.17) is 4.74 Å². The fraction of sp³-hybridized carbons (Fsp3) is 0.846. The predicted octanol–water partition coefficient (Wildman–Crippen LogP) is 2.40. The smallest absolute Gasteiger partial charge is 0.328 e. The van der Waals surface area contributed by atoms with Crippen molar-refractivity contribution >= 4 is 27.8 Å². The zero-order valence-electron chi connectivity index (χ0n) is 11.1. The van der Waals surface area contributed by atoms with E-state index >= 15 is 0 Å². The van der Waals surface area contributed by atoms with Gasteiger partial charge >= 0.3 is 5.97 Å². The van der Waals surface area contributed by atoms with Crippen molar-refractivity contribution in [1.29, 1.82) is 0 Å². The largest absolute Gasteiger partial charge is 0.461 e. The van der Waals surface area contributed by atoms with E-state index in [-0.39, 0.29) is 23.3 Å². The van der Waals surface area contributed by atoms with Gasteiger partial charge in [0.25, 0.3) is 0 Å². The Labute approximate surface area is 117 Å². The summed E-state index contributed by atoms with van der Waals surface area (Å²) >= 11 is 3.08. The van der Waals surface area contributed by atoms with Crippen molar-refractivity contribution in [1.82, 2.24) is 5.32 Å². The van der Waals surface area contributed by atoms with Crippen molar-refractivity contribution in [3.05, 3.63) is 0 Å². The molecule has 1 amide bonds. The maximum atomic E-state index is 12.0. The molecule has 0 bridgehead atoms. The summed E-state index contributed by atoms with van der Waals surface area (Å²) in [4.78, 5) is 23.4. The number of ether oxygens (including phenoxy) is 1. The van der Waals surface area contributed by atoms with Gasteiger partial charge in [-0.15, -0.1) is 0 Å². The standard InChI is InChI=1S/C13H22BrNO3/c1-9(2)7-11(15-12(16)8-14)13(17)18-10-5-3-4-6-10/h9-11H,3-8H2,1-2H3,(H,15,16). The van der Waals surface area contributed by atoms with E-state index in [1.165, 1.54) is 0 Å². The number of carbonyl (C=O) groups is 2. The molecule has 1 unspecified atom stereocenters. The number of esters is 1. The SMILES string of the molecule is CC(C)CC(NC(=O)CBr)C(=O)OC1CCCC1. The first-order valence-corrected chi connectivity index (χ1v) is 7.71. The third-order valence-electron chi connectivity index (χ3n) is 3.03. The first-order valence-electron chi connectivity index (χ1n) is 6.58. The van der Waals surface area contributed by atoms with E-state index in [1.54, 1.807) is 0 Å². The molecule has 18 heavy (non-hydrogen) atoms. The molecular weight excluding hydrogens is 298 g/mol. The lowest BCUT2D eigenvalue weighted by atomic mass is 10.0. The highest BCUT2D eigenvalue weighted by atomic mass is 79.9. The zero-order chi connectivity index (χ0) is 13.5. The second-order valence-electron chi connectivity index (χ2n) is 5.23. The number of hydrogen-bond acceptors (Lipinski definition) is 3. The Bertz CT molecular complexity index is 288. The molecule has 104 valence electrons. The molecule has 0 aromatic rings. The van der Waals surface area contributed by atoms with Gasteiger partial charge in [-0.2, -0.15) is 0 Å². The molecule has 1 aliphatic rings. The molecule has 4 nitrogen and oxygen atoms in total. The lowest BCUT2D eigenvalue weighted by Crippen LogP contribution is -2.44. The van der Waals surface area contributed by atoms with Crippen LogP contribution in [0.15, 0.2) is 0 Å². The van der Waals surface area contributed by atoms with Gasteiger partial charge in [0.05, 0.1) is 5.33 Å². The number of nitrogens with one attached hydrogen (secondary N) is 1. The summed E-state index contributed by atoms with van der Waals surface area (Å²) in [7, 11) is 0. The molecule has 0 saturated heterocycles. The molecule has 0 aliphatic heterocycles. The Morgan fingerprint density at radius 2 is 1.94 bits per heavy atom. The molecule has 5 heteroatoms. The molecule has 1 atom stereocenters. The highest BCUT2D eigenvalue weighted by Crippen LogP contribution is 2.22. The molecule has 0 spiro atoms. The molecule has 0 aromatic heterocycles. The summed E-state index contributed by atoms with van der Waals surface area (Å²) in [5.41, 5.74) is 0. The predicted molar refractivity (Wildman–Crippen MR) is 73.5 cm³/mol. The third kappa shape index (κ3) is 5.38. The van der Waals surface area contributed by atoms with Crippen molar-refractivity contribution in [2.45, 2.75) is 58.1 Å². The molecule has 0 heterocycles. The summed E-state index contributed by atoms with van der Waals surface area (Å²) in [6.45, 7) is 4.05. The number of carbonyl (C=O) groups excluding carboxylic acids is 2. The maximum absolute atomic E-state index is 12.0. The van der Waals surface area contributed by atoms with E-state index in [0.29, 0.717) is 12.3 Å². The molecule has 1 aliphatic carbocycles. The molecule has 1 fully saturated rings. The van der Waals surface area contributed by atoms with Gasteiger partial charge in [-0.25, -0.2) is 4.79 Å². The van der Waals surface area contributed by atoms with Crippen LogP contribution < -0.4 is 5.32 Å². The fourth-order valence-corrected chi connectivity index (χ4v) is 2.33. The summed E-state index contributed by atoms with van der Waals surface area (Å²) in [5, 5.41) is 2.92. The summed E-state index contributed by atoms with van der Waals surface area (Å²) in [5.74, 6) is -0.129. The Kier molecular flexibility index (Phi) is 6.68. The van der Waals surface area contributed by atoms with Crippen LogP contribution in [0.1, 0.15) is 46.0 Å². The van der Waals surface area contributed by atoms with Crippen LogP contribution in [0.3, 0.4) is 0 Å². The Morgan fingerprint density at radius 1 is 1.33 bits per heavy atom. The third-order valence-corrected chi connectivity index (χ3v) is 3.54. The number of alkyl halides is 1. The van der Waals surface area contributed by atoms with Crippen LogP contribution in [-0.2, 0) is 14.3 Å². The molecular formula is C13H22BrNO3. The number of amides is 1. The Balaban J connectivity index is 2.50. The quantitative estimate of drug-likeness (QED) is 0.604. The average Bonchev–Trinajstić information content (AvgIpc) is 2.80. The van der Waals surface area contributed by atoms with Crippen LogP contribution in [0, 0.1) is 5.92 Å². The average molecular weight is 320 g/mol. The Hall–Kier alpha value is -0.580. The van der Waals surface area contributed by atoms with Crippen molar-refractivity contribution in [3.8, 4) is 0 Å². The van der Waals surface area contributed by atoms with E-state index < -0.39 is 6.04 Å². The van der Waals surface area contributed by atoms with Crippen LogP contribution in [0.5, 0.6) is 0 Å². The highest BCUT2D eigenvalue weighted by Gasteiger charge is 2.27. The van der Waals surface area contributed by atoms with Gasteiger partial charge in [-0.3, -0.25) is 4.79 Å². The normalized spacial score (nSPS) is 17.8. The fourth-order valence-electron chi connectivity index (χ4n) is 2.17. The number of halogens is 1. The van der Waals surface area contributed by atoms with Crippen molar-refractivity contribution < 1.29 is 14.3 Å². The first-order chi connectivity index (χ1) is 8.52. The molecule has 1 N–H and O–H groups in total. The topological polar surface area (TPSA) is 55.4 Å². The maximum Gasteiger partial charge on any atom is 0.328 e. The highest BCUT2D eigenvalue weighted by molar-refractivity contribution is 9.09. The van der Waals surface area contributed by atoms with Crippen LogP contribution in [-0.4, -0.2) is 29.4 Å². The first kappa shape index (κ1) is 15.5. The minimum Gasteiger partial charge on any atom is -0.461 e. The van der Waals surface area contributed by atoms with Gasteiger partial charge in [-0.1, -0.05) is 29.8 Å². The second kappa shape index (κ2) is 7.77. The number of rotatable bonds is 6. The van der Waals surface area contributed by atoms with Crippen LogP contribution in [0.25, 0.3) is 0 Å². The van der Waals surface area contributed by atoms with Crippen LogP contribution >= 0.6 is 15.9 Å². The summed E-state index contributed by atoms with van der Waals surface area (Å²) < 4.78 is 5.45. The van der Waals surface area contributed by atoms with Gasteiger partial charge < -0.3 is 10.1 Å². The van der Waals surface area contributed by atoms with Crippen molar-refractivity contribution in [2.24, 2.45) is 5.92 Å². The van der Waals surface area contributed by atoms with E-state index in [0.717, 1.165) is 25.7 Å².